The summed E-state index contributed by atoms with van der Waals surface area (Å²) in [6, 6.07) is 6.68. The first-order valence-corrected chi connectivity index (χ1v) is 12.3. The molecule has 2 N–H and O–H groups in total. The van der Waals surface area contributed by atoms with Crippen LogP contribution in [0.2, 0.25) is 5.02 Å². The van der Waals surface area contributed by atoms with Crippen molar-refractivity contribution < 1.29 is 13.9 Å². The first kappa shape index (κ1) is 22.5. The summed E-state index contributed by atoms with van der Waals surface area (Å²) >= 11 is 7.99. The lowest BCUT2D eigenvalue weighted by Crippen LogP contribution is -2.56. The van der Waals surface area contributed by atoms with E-state index in [1.807, 2.05) is 0 Å². The largest absolute Gasteiger partial charge is 0.489 e. The molecule has 0 unspecified atom stereocenters. The van der Waals surface area contributed by atoms with Crippen molar-refractivity contribution in [2.24, 2.45) is 0 Å². The molecule has 4 aromatic rings. The molecule has 36 heavy (non-hydrogen) atoms. The van der Waals surface area contributed by atoms with Gasteiger partial charge in [0.25, 0.3) is 0 Å². The molecule has 0 bridgehead atoms. The Morgan fingerprint density at radius 1 is 1.33 bits per heavy atom. The number of aromatic nitrogens is 2. The predicted octanol–water partition coefficient (Wildman–Crippen LogP) is 4.35. The van der Waals surface area contributed by atoms with Crippen molar-refractivity contribution in [2.45, 2.75) is 6.04 Å². The lowest BCUT2D eigenvalue weighted by atomic mass is 9.97. The van der Waals surface area contributed by atoms with Gasteiger partial charge in [0.2, 0.25) is 5.91 Å². The third-order valence-electron chi connectivity index (χ3n) is 6.68. The van der Waals surface area contributed by atoms with Gasteiger partial charge in [0.15, 0.2) is 5.75 Å². The smallest absolute Gasteiger partial charge is 0.246 e. The van der Waals surface area contributed by atoms with Crippen LogP contribution in [0.5, 0.6) is 5.75 Å². The normalized spacial score (nSPS) is 16.9. The Labute approximate surface area is 214 Å². The molecule has 6 rings (SSSR count). The van der Waals surface area contributed by atoms with Crippen LogP contribution >= 0.6 is 22.9 Å². The minimum atomic E-state index is -0.460. The molecule has 0 aliphatic carbocycles. The molecule has 2 aliphatic rings. The summed E-state index contributed by atoms with van der Waals surface area (Å²) in [6.45, 7) is 5.40. The fourth-order valence-corrected chi connectivity index (χ4v) is 6.26. The highest BCUT2D eigenvalue weighted by atomic mass is 35.5. The number of thiophene rings is 1. The van der Waals surface area contributed by atoms with Crippen LogP contribution in [0.15, 0.2) is 37.2 Å². The van der Waals surface area contributed by atoms with E-state index in [1.54, 1.807) is 17.0 Å². The van der Waals surface area contributed by atoms with Crippen LogP contribution in [-0.4, -0.2) is 53.1 Å². The van der Waals surface area contributed by atoms with Crippen LogP contribution in [0.25, 0.3) is 32.1 Å². The number of ether oxygens (including phenoxy) is 1. The second kappa shape index (κ2) is 8.33. The quantitative estimate of drug-likeness (QED) is 0.391. The van der Waals surface area contributed by atoms with Gasteiger partial charge in [-0.2, -0.15) is 5.26 Å². The van der Waals surface area contributed by atoms with E-state index in [0.717, 1.165) is 11.3 Å². The minimum absolute atomic E-state index is 0.131. The third kappa shape index (κ3) is 3.20. The maximum atomic E-state index is 14.6. The summed E-state index contributed by atoms with van der Waals surface area (Å²) in [4.78, 5) is 25.1. The molecule has 1 atom stereocenters. The summed E-state index contributed by atoms with van der Waals surface area (Å²) in [5, 5.41) is 11.3. The molecule has 0 radical (unpaired) electrons. The van der Waals surface area contributed by atoms with Crippen LogP contribution in [-0.2, 0) is 4.79 Å². The molecule has 0 spiro atoms. The molecule has 1 saturated heterocycles. The van der Waals surface area contributed by atoms with Crippen molar-refractivity contribution in [3.63, 3.8) is 0 Å². The van der Waals surface area contributed by atoms with Gasteiger partial charge in [0, 0.05) is 30.6 Å². The number of fused-ring (bicyclic) bond motifs is 3. The van der Waals surface area contributed by atoms with Crippen molar-refractivity contribution in [1.82, 2.24) is 14.9 Å². The van der Waals surface area contributed by atoms with Gasteiger partial charge in [0.1, 0.15) is 35.6 Å². The van der Waals surface area contributed by atoms with Crippen molar-refractivity contribution in [1.29, 1.82) is 5.26 Å². The molecular formula is C25H18ClFN6O2S. The van der Waals surface area contributed by atoms with Crippen molar-refractivity contribution >= 4 is 60.7 Å². The zero-order valence-electron chi connectivity index (χ0n) is 18.8. The molecular weight excluding hydrogens is 503 g/mol. The number of benzene rings is 2. The highest BCUT2D eigenvalue weighted by Gasteiger charge is 2.35. The molecule has 1 amide bonds. The second-order valence-electron chi connectivity index (χ2n) is 8.56. The van der Waals surface area contributed by atoms with Gasteiger partial charge in [0.05, 0.1) is 32.2 Å². The number of nitrogens with zero attached hydrogens (tertiary/aromatic N) is 5. The lowest BCUT2D eigenvalue weighted by molar-refractivity contribution is -0.126. The fourth-order valence-electron chi connectivity index (χ4n) is 5.01. The SMILES string of the molecule is C=CC(=O)N1CCN2c3ncnc4cc(-c5ccc(F)c6sc(N)c(C#N)c56)c(Cl)c(c34)OC[C@@H]2C1. The van der Waals surface area contributed by atoms with E-state index in [2.05, 4.69) is 27.5 Å². The Hall–Kier alpha value is -3.94. The van der Waals surface area contributed by atoms with E-state index >= 15 is 0 Å². The number of carbonyl (C=O) groups excluding carboxylic acids is 1. The van der Waals surface area contributed by atoms with E-state index in [-0.39, 0.29) is 33.8 Å². The lowest BCUT2D eigenvalue weighted by Gasteiger charge is -2.40. The first-order valence-electron chi connectivity index (χ1n) is 11.1. The van der Waals surface area contributed by atoms with Gasteiger partial charge in [-0.25, -0.2) is 14.4 Å². The molecule has 11 heteroatoms. The highest BCUT2D eigenvalue weighted by molar-refractivity contribution is 7.23. The zero-order chi connectivity index (χ0) is 25.1. The molecule has 2 aliphatic heterocycles. The maximum Gasteiger partial charge on any atom is 0.246 e. The number of rotatable bonds is 2. The Kier molecular flexibility index (Phi) is 5.21. The number of carbonyl (C=O) groups is 1. The Morgan fingerprint density at radius 3 is 2.94 bits per heavy atom. The number of amides is 1. The van der Waals surface area contributed by atoms with E-state index < -0.39 is 5.82 Å². The van der Waals surface area contributed by atoms with Crippen LogP contribution < -0.4 is 15.4 Å². The number of anilines is 2. The summed E-state index contributed by atoms with van der Waals surface area (Å²) < 4.78 is 21.2. The number of hydrogen-bond acceptors (Lipinski definition) is 8. The fraction of sp³-hybridized carbons (Fsp3) is 0.200. The van der Waals surface area contributed by atoms with Crippen molar-refractivity contribution in [2.75, 3.05) is 36.9 Å². The van der Waals surface area contributed by atoms with Gasteiger partial charge >= 0.3 is 0 Å². The molecule has 1 fully saturated rings. The van der Waals surface area contributed by atoms with E-state index in [0.29, 0.717) is 63.6 Å². The zero-order valence-corrected chi connectivity index (χ0v) is 20.4. The maximum absolute atomic E-state index is 14.6. The van der Waals surface area contributed by atoms with Crippen LogP contribution in [0, 0.1) is 17.1 Å². The monoisotopic (exact) mass is 520 g/mol. The Morgan fingerprint density at radius 2 is 2.17 bits per heavy atom. The minimum Gasteiger partial charge on any atom is -0.489 e. The van der Waals surface area contributed by atoms with E-state index in [1.165, 1.54) is 18.5 Å². The van der Waals surface area contributed by atoms with Gasteiger partial charge in [-0.05, 0) is 23.8 Å². The van der Waals surface area contributed by atoms with Gasteiger partial charge in [-0.3, -0.25) is 4.79 Å². The Bertz CT molecular complexity index is 1650. The van der Waals surface area contributed by atoms with Crippen LogP contribution in [0.1, 0.15) is 5.56 Å². The summed E-state index contributed by atoms with van der Waals surface area (Å²) in [5.41, 5.74) is 7.95. The topological polar surface area (TPSA) is 108 Å². The van der Waals surface area contributed by atoms with E-state index in [4.69, 9.17) is 22.1 Å². The Balaban J connectivity index is 1.55. The highest BCUT2D eigenvalue weighted by Crippen LogP contribution is 2.49. The summed E-state index contributed by atoms with van der Waals surface area (Å²) in [7, 11) is 0. The molecule has 2 aromatic heterocycles. The summed E-state index contributed by atoms with van der Waals surface area (Å²) in [6.07, 6.45) is 2.79. The molecule has 180 valence electrons. The average molecular weight is 521 g/mol. The molecule has 0 saturated carbocycles. The summed E-state index contributed by atoms with van der Waals surface area (Å²) in [5.74, 6) is 0.500. The van der Waals surface area contributed by atoms with Crippen LogP contribution in [0.4, 0.5) is 15.2 Å². The third-order valence-corrected chi connectivity index (χ3v) is 8.08. The first-order chi connectivity index (χ1) is 17.4. The molecule has 4 heterocycles. The molecule has 2 aromatic carbocycles. The van der Waals surface area contributed by atoms with E-state index in [9.17, 15) is 14.4 Å². The molecule has 8 nitrogen and oxygen atoms in total. The van der Waals surface area contributed by atoms with Gasteiger partial charge in [-0.15, -0.1) is 11.3 Å². The van der Waals surface area contributed by atoms with Crippen LogP contribution in [0.3, 0.4) is 0 Å². The number of halogens is 2. The van der Waals surface area contributed by atoms with Gasteiger partial charge < -0.3 is 20.3 Å². The number of nitriles is 1. The average Bonchev–Trinajstić information content (AvgIpc) is 3.14. The number of nitrogen functional groups attached to an aromatic ring is 1. The van der Waals surface area contributed by atoms with Crippen molar-refractivity contribution in [3.8, 4) is 22.9 Å². The van der Waals surface area contributed by atoms with Gasteiger partial charge in [-0.1, -0.05) is 24.2 Å². The number of hydrogen-bond donors (Lipinski definition) is 1. The number of nitrogens with two attached hydrogens (primary N) is 1. The number of piperazine rings is 1. The standard InChI is InChI=1S/C25H18ClFN6O2S/c1-2-18(34)32-5-6-33-12(9-32)10-35-22-20-17(30-11-31-25(20)33)7-14(21(22)26)13-3-4-16(27)23-19(13)15(8-28)24(29)36-23/h2-4,7,11-12H,1,5-6,9-10,29H2/t12-/m0/s1. The predicted molar refractivity (Wildman–Crippen MR) is 138 cm³/mol. The van der Waals surface area contributed by atoms with Crippen molar-refractivity contribution in [3.05, 3.63) is 53.6 Å². The second-order valence-corrected chi connectivity index (χ2v) is 9.99.